The molecule has 17 heavy (non-hydrogen) atoms. The Bertz CT molecular complexity index is 511. The molecule has 0 aliphatic heterocycles. The molecule has 0 saturated carbocycles. The van der Waals surface area contributed by atoms with Crippen molar-refractivity contribution in [3.63, 3.8) is 0 Å². The smallest absolute Gasteiger partial charge is 0.212 e. The molecule has 0 fully saturated rings. The number of benzene rings is 1. The van der Waals surface area contributed by atoms with E-state index < -0.39 is 5.95 Å². The van der Waals surface area contributed by atoms with Crippen LogP contribution in [-0.4, -0.2) is 19.1 Å². The summed E-state index contributed by atoms with van der Waals surface area (Å²) >= 11 is 0. The van der Waals surface area contributed by atoms with E-state index >= 15 is 0 Å². The third-order valence-corrected chi connectivity index (χ3v) is 2.53. The zero-order valence-electron chi connectivity index (χ0n) is 9.70. The van der Waals surface area contributed by atoms with Crippen molar-refractivity contribution >= 4 is 5.69 Å². The van der Waals surface area contributed by atoms with Crippen molar-refractivity contribution in [3.8, 4) is 16.9 Å². The molecule has 0 aliphatic carbocycles. The van der Waals surface area contributed by atoms with Crippen LogP contribution in [0.25, 0.3) is 11.1 Å². The van der Waals surface area contributed by atoms with Crippen LogP contribution < -0.4 is 10.1 Å². The minimum absolute atomic E-state index is 0.488. The van der Waals surface area contributed by atoms with E-state index in [0.717, 1.165) is 22.6 Å². The number of nitrogens with zero attached hydrogens (tertiary/aromatic N) is 1. The maximum absolute atomic E-state index is 12.8. The number of pyridine rings is 1. The fourth-order valence-electron chi connectivity index (χ4n) is 1.72. The summed E-state index contributed by atoms with van der Waals surface area (Å²) < 4.78 is 18.1. The number of hydrogen-bond acceptors (Lipinski definition) is 3. The van der Waals surface area contributed by atoms with Crippen molar-refractivity contribution in [2.24, 2.45) is 0 Å². The van der Waals surface area contributed by atoms with Crippen molar-refractivity contribution in [3.05, 3.63) is 42.5 Å². The molecule has 2 aromatic rings. The van der Waals surface area contributed by atoms with Gasteiger partial charge in [-0.1, -0.05) is 12.1 Å². The van der Waals surface area contributed by atoms with Crippen molar-refractivity contribution in [2.75, 3.05) is 19.5 Å². The van der Waals surface area contributed by atoms with Gasteiger partial charge < -0.3 is 10.1 Å². The van der Waals surface area contributed by atoms with Crippen LogP contribution in [-0.2, 0) is 0 Å². The molecule has 88 valence electrons. The number of hydrogen-bond donors (Lipinski definition) is 1. The van der Waals surface area contributed by atoms with E-state index in [-0.39, 0.29) is 0 Å². The summed E-state index contributed by atoms with van der Waals surface area (Å²) in [7, 11) is 3.43. The molecule has 0 spiro atoms. The number of aromatic nitrogens is 1. The Morgan fingerprint density at radius 2 is 2.06 bits per heavy atom. The van der Waals surface area contributed by atoms with Gasteiger partial charge in [-0.3, -0.25) is 0 Å². The average Bonchev–Trinajstić information content (AvgIpc) is 2.38. The Kier molecular flexibility index (Phi) is 3.23. The van der Waals surface area contributed by atoms with Crippen LogP contribution in [0.5, 0.6) is 5.75 Å². The molecule has 0 amide bonds. The fraction of sp³-hybridized carbons (Fsp3) is 0.154. The molecule has 3 nitrogen and oxygen atoms in total. The molecule has 1 heterocycles. The molecule has 0 unspecified atom stereocenters. The van der Waals surface area contributed by atoms with Crippen LogP contribution in [0.2, 0.25) is 0 Å². The van der Waals surface area contributed by atoms with E-state index in [0.29, 0.717) is 0 Å². The summed E-state index contributed by atoms with van der Waals surface area (Å²) in [4.78, 5) is 3.64. The van der Waals surface area contributed by atoms with Gasteiger partial charge in [-0.15, -0.1) is 0 Å². The second-order valence-corrected chi connectivity index (χ2v) is 3.51. The quantitative estimate of drug-likeness (QED) is 0.826. The van der Waals surface area contributed by atoms with E-state index in [1.165, 1.54) is 12.3 Å². The summed E-state index contributed by atoms with van der Waals surface area (Å²) in [5.41, 5.74) is 2.58. The molecule has 1 aromatic heterocycles. The lowest BCUT2D eigenvalue weighted by Crippen LogP contribution is -1.96. The van der Waals surface area contributed by atoms with Crippen LogP contribution >= 0.6 is 0 Å². The molecule has 0 aliphatic rings. The van der Waals surface area contributed by atoms with Gasteiger partial charge in [0.2, 0.25) is 5.95 Å². The fourth-order valence-corrected chi connectivity index (χ4v) is 1.72. The first-order valence-corrected chi connectivity index (χ1v) is 5.23. The van der Waals surface area contributed by atoms with E-state index in [4.69, 9.17) is 4.74 Å². The van der Waals surface area contributed by atoms with Crippen LogP contribution in [0.15, 0.2) is 36.5 Å². The van der Waals surface area contributed by atoms with Gasteiger partial charge in [0.25, 0.3) is 0 Å². The Morgan fingerprint density at radius 3 is 2.65 bits per heavy atom. The standard InChI is InChI=1S/C13H13FN2O/c1-15-11-5-3-4-10(13(11)17-2)9-6-7-12(14)16-8-9/h3-8,15H,1-2H3. The number of halogens is 1. The molecule has 1 aromatic carbocycles. The predicted molar refractivity (Wildman–Crippen MR) is 65.7 cm³/mol. The van der Waals surface area contributed by atoms with E-state index in [9.17, 15) is 4.39 Å². The minimum Gasteiger partial charge on any atom is -0.494 e. The third kappa shape index (κ3) is 2.20. The Hall–Kier alpha value is -2.10. The topological polar surface area (TPSA) is 34.2 Å². The zero-order chi connectivity index (χ0) is 12.3. The molecule has 0 atom stereocenters. The van der Waals surface area contributed by atoms with Crippen LogP contribution in [0.3, 0.4) is 0 Å². The lowest BCUT2D eigenvalue weighted by molar-refractivity contribution is 0.418. The van der Waals surface area contributed by atoms with Gasteiger partial charge in [-0.25, -0.2) is 4.98 Å². The highest BCUT2D eigenvalue weighted by Crippen LogP contribution is 2.35. The second kappa shape index (κ2) is 4.82. The number of nitrogens with one attached hydrogen (secondary N) is 1. The van der Waals surface area contributed by atoms with Gasteiger partial charge in [0.1, 0.15) is 5.75 Å². The summed E-state index contributed by atoms with van der Waals surface area (Å²) in [5.74, 6) is 0.237. The first-order valence-electron chi connectivity index (χ1n) is 5.23. The normalized spacial score (nSPS) is 10.1. The molecule has 0 radical (unpaired) electrons. The van der Waals surface area contributed by atoms with Gasteiger partial charge in [0.15, 0.2) is 0 Å². The van der Waals surface area contributed by atoms with Crippen LogP contribution in [0.1, 0.15) is 0 Å². The van der Waals surface area contributed by atoms with E-state index in [1.54, 1.807) is 13.2 Å². The highest BCUT2D eigenvalue weighted by Gasteiger charge is 2.09. The van der Waals surface area contributed by atoms with Gasteiger partial charge >= 0.3 is 0 Å². The van der Waals surface area contributed by atoms with Gasteiger partial charge in [0.05, 0.1) is 12.8 Å². The van der Waals surface area contributed by atoms with Crippen LogP contribution in [0.4, 0.5) is 10.1 Å². The highest BCUT2D eigenvalue weighted by molar-refractivity contribution is 5.77. The zero-order valence-corrected chi connectivity index (χ0v) is 9.70. The average molecular weight is 232 g/mol. The molecule has 2 rings (SSSR count). The molecular weight excluding hydrogens is 219 g/mol. The van der Waals surface area contributed by atoms with Crippen LogP contribution in [0, 0.1) is 5.95 Å². The van der Waals surface area contributed by atoms with Gasteiger partial charge in [-0.05, 0) is 18.2 Å². The number of anilines is 1. The van der Waals surface area contributed by atoms with E-state index in [2.05, 4.69) is 10.3 Å². The van der Waals surface area contributed by atoms with Crippen molar-refractivity contribution in [1.29, 1.82) is 0 Å². The lowest BCUT2D eigenvalue weighted by Gasteiger charge is -2.12. The molecule has 4 heteroatoms. The SMILES string of the molecule is CNc1cccc(-c2ccc(F)nc2)c1OC. The third-order valence-electron chi connectivity index (χ3n) is 2.53. The number of para-hydroxylation sites is 1. The summed E-state index contributed by atoms with van der Waals surface area (Å²) in [6.45, 7) is 0. The van der Waals surface area contributed by atoms with Gasteiger partial charge in [-0.2, -0.15) is 4.39 Å². The number of ether oxygens (including phenoxy) is 1. The first-order chi connectivity index (χ1) is 8.26. The monoisotopic (exact) mass is 232 g/mol. The van der Waals surface area contributed by atoms with Crippen molar-refractivity contribution < 1.29 is 9.13 Å². The minimum atomic E-state index is -0.488. The first kappa shape index (κ1) is 11.4. The molecule has 0 saturated heterocycles. The van der Waals surface area contributed by atoms with E-state index in [1.807, 2.05) is 25.2 Å². The summed E-state index contributed by atoms with van der Waals surface area (Å²) in [5, 5.41) is 3.05. The highest BCUT2D eigenvalue weighted by atomic mass is 19.1. The Balaban J connectivity index is 2.54. The predicted octanol–water partition coefficient (Wildman–Crippen LogP) is 2.94. The lowest BCUT2D eigenvalue weighted by atomic mass is 10.1. The number of methoxy groups -OCH3 is 1. The summed E-state index contributed by atoms with van der Waals surface area (Å²) in [6.07, 6.45) is 1.49. The van der Waals surface area contributed by atoms with Gasteiger partial charge in [0, 0.05) is 24.4 Å². The largest absolute Gasteiger partial charge is 0.494 e. The second-order valence-electron chi connectivity index (χ2n) is 3.51. The number of rotatable bonds is 3. The summed E-state index contributed by atoms with van der Waals surface area (Å²) in [6, 6.07) is 8.75. The van der Waals surface area contributed by atoms with Crippen molar-refractivity contribution in [2.45, 2.75) is 0 Å². The molecular formula is C13H13FN2O. The Labute approximate surface area is 99.3 Å². The maximum atomic E-state index is 12.8. The molecule has 0 bridgehead atoms. The van der Waals surface area contributed by atoms with Crippen molar-refractivity contribution in [1.82, 2.24) is 4.98 Å². The Morgan fingerprint density at radius 1 is 1.24 bits per heavy atom. The maximum Gasteiger partial charge on any atom is 0.212 e. The molecule has 1 N–H and O–H groups in total.